The van der Waals surface area contributed by atoms with Crippen LogP contribution in [0.25, 0.3) is 0 Å². The van der Waals surface area contributed by atoms with Crippen LogP contribution in [-0.4, -0.2) is 35.1 Å². The predicted molar refractivity (Wildman–Crippen MR) is 46.6 cm³/mol. The maximum absolute atomic E-state index is 11.3. The molecule has 1 N–H and O–H groups in total. The molecule has 1 rings (SSSR count). The maximum atomic E-state index is 11.3. The van der Waals surface area contributed by atoms with Crippen molar-refractivity contribution in [3.8, 4) is 0 Å². The Kier molecular flexibility index (Phi) is 2.17. The zero-order valence-electron chi connectivity index (χ0n) is 8.16. The summed E-state index contributed by atoms with van der Waals surface area (Å²) in [5.74, 6) is -0.175. The van der Waals surface area contributed by atoms with Crippen molar-refractivity contribution in [1.82, 2.24) is 4.90 Å². The Labute approximate surface area is 73.4 Å². The number of nitrogens with zero attached hydrogens (tertiary/aromatic N) is 1. The molecule has 3 nitrogen and oxygen atoms in total. The van der Waals surface area contributed by atoms with Gasteiger partial charge in [0.1, 0.15) is 6.10 Å². The van der Waals surface area contributed by atoms with Gasteiger partial charge >= 0.3 is 0 Å². The largest absolute Gasteiger partial charge is 0.384 e. The van der Waals surface area contributed by atoms with Gasteiger partial charge in [-0.2, -0.15) is 0 Å². The number of hydrogen-bond donors (Lipinski definition) is 1. The molecule has 12 heavy (non-hydrogen) atoms. The first-order chi connectivity index (χ1) is 5.36. The Balaban J connectivity index is 2.50. The van der Waals surface area contributed by atoms with Crippen molar-refractivity contribution in [2.45, 2.75) is 39.3 Å². The zero-order valence-corrected chi connectivity index (χ0v) is 8.16. The van der Waals surface area contributed by atoms with Crippen molar-refractivity contribution in [3.05, 3.63) is 0 Å². The van der Waals surface area contributed by atoms with E-state index in [9.17, 15) is 4.79 Å². The molecule has 1 aliphatic carbocycles. The Morgan fingerprint density at radius 2 is 2.08 bits per heavy atom. The molecule has 1 unspecified atom stereocenters. The first-order valence-corrected chi connectivity index (χ1v) is 4.31. The quantitative estimate of drug-likeness (QED) is 0.661. The van der Waals surface area contributed by atoms with Crippen molar-refractivity contribution in [3.63, 3.8) is 0 Å². The van der Waals surface area contributed by atoms with Crippen LogP contribution >= 0.6 is 0 Å². The molecule has 0 saturated heterocycles. The van der Waals surface area contributed by atoms with Crippen LogP contribution in [0.4, 0.5) is 0 Å². The van der Waals surface area contributed by atoms with Crippen molar-refractivity contribution in [2.24, 2.45) is 5.41 Å². The van der Waals surface area contributed by atoms with Gasteiger partial charge in [0.15, 0.2) is 0 Å². The number of rotatable bonds is 2. The van der Waals surface area contributed by atoms with Crippen molar-refractivity contribution < 1.29 is 9.90 Å². The monoisotopic (exact) mass is 171 g/mol. The van der Waals surface area contributed by atoms with Crippen molar-refractivity contribution in [1.29, 1.82) is 0 Å². The molecular formula is C9H17NO2. The lowest BCUT2D eigenvalue weighted by Gasteiger charge is -2.20. The molecule has 1 aliphatic rings. The third-order valence-electron chi connectivity index (χ3n) is 2.63. The van der Waals surface area contributed by atoms with Crippen LogP contribution in [0.1, 0.15) is 27.2 Å². The zero-order chi connectivity index (χ0) is 9.52. The fourth-order valence-electron chi connectivity index (χ4n) is 1.55. The minimum Gasteiger partial charge on any atom is -0.384 e. The number of carbonyl (C=O) groups excluding carboxylic acids is 1. The predicted octanol–water partition coefficient (Wildman–Crippen LogP) is 0.624. The van der Waals surface area contributed by atoms with E-state index in [-0.39, 0.29) is 11.3 Å². The Morgan fingerprint density at radius 1 is 1.67 bits per heavy atom. The van der Waals surface area contributed by atoms with Crippen LogP contribution in [0.15, 0.2) is 0 Å². The molecule has 2 atom stereocenters. The fraction of sp³-hybridized carbons (Fsp3) is 0.889. The molecule has 1 fully saturated rings. The molecular weight excluding hydrogens is 154 g/mol. The fourth-order valence-corrected chi connectivity index (χ4v) is 1.55. The van der Waals surface area contributed by atoms with Gasteiger partial charge in [0.05, 0.1) is 0 Å². The second-order valence-corrected chi connectivity index (χ2v) is 4.33. The summed E-state index contributed by atoms with van der Waals surface area (Å²) < 4.78 is 0. The van der Waals surface area contributed by atoms with E-state index in [1.807, 2.05) is 0 Å². The van der Waals surface area contributed by atoms with Crippen molar-refractivity contribution >= 4 is 5.91 Å². The van der Waals surface area contributed by atoms with Crippen LogP contribution in [0.2, 0.25) is 0 Å². The van der Waals surface area contributed by atoms with E-state index in [1.54, 1.807) is 11.9 Å². The van der Waals surface area contributed by atoms with Crippen molar-refractivity contribution in [2.75, 3.05) is 7.05 Å². The third kappa shape index (κ3) is 1.61. The van der Waals surface area contributed by atoms with E-state index in [0.29, 0.717) is 6.04 Å². The lowest BCUT2D eigenvalue weighted by atomic mass is 10.2. The highest BCUT2D eigenvalue weighted by Gasteiger charge is 2.49. The summed E-state index contributed by atoms with van der Waals surface area (Å²) in [7, 11) is 1.76. The van der Waals surface area contributed by atoms with Crippen LogP contribution < -0.4 is 0 Å². The van der Waals surface area contributed by atoms with E-state index >= 15 is 0 Å². The van der Waals surface area contributed by atoms with Gasteiger partial charge in [-0.1, -0.05) is 13.8 Å². The number of carbonyl (C=O) groups is 1. The lowest BCUT2D eigenvalue weighted by Crippen LogP contribution is -2.37. The molecule has 0 bridgehead atoms. The summed E-state index contributed by atoms with van der Waals surface area (Å²) in [6.07, 6.45) is 0.175. The highest BCUT2D eigenvalue weighted by atomic mass is 16.3. The maximum Gasteiger partial charge on any atom is 0.251 e. The third-order valence-corrected chi connectivity index (χ3v) is 2.63. The van der Waals surface area contributed by atoms with E-state index < -0.39 is 6.10 Å². The summed E-state index contributed by atoms with van der Waals surface area (Å²) >= 11 is 0. The van der Waals surface area contributed by atoms with E-state index in [2.05, 4.69) is 13.8 Å². The number of aliphatic hydroxyl groups excluding tert-OH is 1. The molecule has 0 spiro atoms. The van der Waals surface area contributed by atoms with E-state index in [0.717, 1.165) is 6.42 Å². The average molecular weight is 171 g/mol. The SMILES string of the molecule is C[C@@H](O)C(=O)N(C)C1CC1(C)C. The molecule has 0 aromatic heterocycles. The second-order valence-electron chi connectivity index (χ2n) is 4.33. The number of likely N-dealkylation sites (N-methyl/N-ethyl adjacent to an activating group) is 1. The summed E-state index contributed by atoms with van der Waals surface area (Å²) in [5.41, 5.74) is 0.249. The number of amides is 1. The minimum absolute atomic E-state index is 0.175. The van der Waals surface area contributed by atoms with Gasteiger partial charge in [-0.3, -0.25) is 4.79 Å². The summed E-state index contributed by atoms with van der Waals surface area (Å²) in [6, 6.07) is 0.319. The van der Waals surface area contributed by atoms with Crippen LogP contribution in [0.3, 0.4) is 0 Å². The molecule has 3 heteroatoms. The Bertz CT molecular complexity index is 199. The van der Waals surface area contributed by atoms with Crippen LogP contribution in [-0.2, 0) is 4.79 Å². The molecule has 1 amide bonds. The Hall–Kier alpha value is -0.570. The van der Waals surface area contributed by atoms with Crippen LogP contribution in [0.5, 0.6) is 0 Å². The van der Waals surface area contributed by atoms with Gasteiger partial charge in [-0.25, -0.2) is 0 Å². The van der Waals surface area contributed by atoms with Gasteiger partial charge in [0.25, 0.3) is 5.91 Å². The average Bonchev–Trinajstić information content (AvgIpc) is 2.56. The first-order valence-electron chi connectivity index (χ1n) is 4.31. The topological polar surface area (TPSA) is 40.5 Å². The highest BCUT2D eigenvalue weighted by Crippen LogP contribution is 2.48. The van der Waals surface area contributed by atoms with Gasteiger partial charge in [0, 0.05) is 13.1 Å². The number of aliphatic hydroxyl groups is 1. The first kappa shape index (κ1) is 9.52. The smallest absolute Gasteiger partial charge is 0.251 e. The normalized spacial score (nSPS) is 27.9. The van der Waals surface area contributed by atoms with E-state index in [4.69, 9.17) is 5.11 Å². The highest BCUT2D eigenvalue weighted by molar-refractivity contribution is 5.80. The number of hydrogen-bond acceptors (Lipinski definition) is 2. The standard InChI is InChI=1S/C9H17NO2/c1-6(11)8(12)10(4)7-5-9(7,2)3/h6-7,11H,5H2,1-4H3/t6-,7?/m1/s1. The van der Waals surface area contributed by atoms with Gasteiger partial charge < -0.3 is 10.0 Å². The molecule has 1 saturated carbocycles. The molecule has 0 aliphatic heterocycles. The molecule has 0 aromatic carbocycles. The molecule has 0 radical (unpaired) electrons. The van der Waals surface area contributed by atoms with E-state index in [1.165, 1.54) is 6.92 Å². The molecule has 0 aromatic rings. The lowest BCUT2D eigenvalue weighted by molar-refractivity contribution is -0.138. The summed E-state index contributed by atoms with van der Waals surface area (Å²) in [6.45, 7) is 5.77. The molecule has 70 valence electrons. The summed E-state index contributed by atoms with van der Waals surface area (Å²) in [4.78, 5) is 12.9. The van der Waals surface area contributed by atoms with Crippen LogP contribution in [0, 0.1) is 5.41 Å². The van der Waals surface area contributed by atoms with Gasteiger partial charge in [0.2, 0.25) is 0 Å². The minimum atomic E-state index is -0.869. The Morgan fingerprint density at radius 3 is 2.33 bits per heavy atom. The summed E-state index contributed by atoms with van der Waals surface area (Å²) in [5, 5.41) is 9.05. The molecule has 0 heterocycles. The van der Waals surface area contributed by atoms with Gasteiger partial charge in [-0.15, -0.1) is 0 Å². The van der Waals surface area contributed by atoms with Gasteiger partial charge in [-0.05, 0) is 18.8 Å². The second kappa shape index (κ2) is 2.73.